The Hall–Kier alpha value is -0.640. The lowest BCUT2D eigenvalue weighted by Gasteiger charge is -2.21. The summed E-state index contributed by atoms with van der Waals surface area (Å²) >= 11 is 4.71. The molecule has 2 aliphatic carbocycles. The van der Waals surface area contributed by atoms with Crippen molar-refractivity contribution in [3.05, 3.63) is 0 Å². The SMILES string of the molecule is C/C(=N/NC(N)=S)[C@@H]1C[C@H]2CC[C@H]1C2. The molecule has 3 nitrogen and oxygen atoms in total. The van der Waals surface area contributed by atoms with Crippen LogP contribution in [0.15, 0.2) is 5.10 Å². The summed E-state index contributed by atoms with van der Waals surface area (Å²) in [6.07, 6.45) is 5.54. The maximum Gasteiger partial charge on any atom is 0.184 e. The molecule has 0 unspecified atom stereocenters. The summed E-state index contributed by atoms with van der Waals surface area (Å²) in [5, 5.41) is 4.48. The van der Waals surface area contributed by atoms with Crippen LogP contribution in [0, 0.1) is 17.8 Å². The van der Waals surface area contributed by atoms with Crippen molar-refractivity contribution in [3.63, 3.8) is 0 Å². The Morgan fingerprint density at radius 2 is 2.21 bits per heavy atom. The Morgan fingerprint density at radius 3 is 2.71 bits per heavy atom. The second kappa shape index (κ2) is 3.85. The highest BCUT2D eigenvalue weighted by atomic mass is 32.1. The third-order valence-corrected chi connectivity index (χ3v) is 3.71. The van der Waals surface area contributed by atoms with Crippen molar-refractivity contribution in [2.24, 2.45) is 28.6 Å². The minimum atomic E-state index is 0.257. The molecule has 3 N–H and O–H groups in total. The third-order valence-electron chi connectivity index (χ3n) is 3.62. The summed E-state index contributed by atoms with van der Waals surface area (Å²) < 4.78 is 0. The Kier molecular flexibility index (Phi) is 2.72. The highest BCUT2D eigenvalue weighted by molar-refractivity contribution is 7.80. The highest BCUT2D eigenvalue weighted by Gasteiger charge is 2.40. The molecule has 14 heavy (non-hydrogen) atoms. The highest BCUT2D eigenvalue weighted by Crippen LogP contribution is 2.48. The van der Waals surface area contributed by atoms with E-state index in [1.165, 1.54) is 31.4 Å². The van der Waals surface area contributed by atoms with Crippen molar-refractivity contribution in [3.8, 4) is 0 Å². The van der Waals surface area contributed by atoms with Crippen molar-refractivity contribution in [2.45, 2.75) is 32.6 Å². The summed E-state index contributed by atoms with van der Waals surface area (Å²) in [6.45, 7) is 2.08. The Bertz CT molecular complexity index is 275. The van der Waals surface area contributed by atoms with E-state index in [9.17, 15) is 0 Å². The zero-order valence-electron chi connectivity index (χ0n) is 8.49. The van der Waals surface area contributed by atoms with E-state index in [1.54, 1.807) is 0 Å². The fourth-order valence-corrected chi connectivity index (χ4v) is 3.03. The van der Waals surface area contributed by atoms with Gasteiger partial charge in [0, 0.05) is 11.6 Å². The van der Waals surface area contributed by atoms with Crippen LogP contribution in [0.2, 0.25) is 0 Å². The van der Waals surface area contributed by atoms with E-state index >= 15 is 0 Å². The Morgan fingerprint density at radius 1 is 1.43 bits per heavy atom. The summed E-state index contributed by atoms with van der Waals surface area (Å²) in [4.78, 5) is 0. The summed E-state index contributed by atoms with van der Waals surface area (Å²) in [5.74, 6) is 2.51. The molecule has 0 saturated heterocycles. The molecule has 0 heterocycles. The maximum atomic E-state index is 5.33. The summed E-state index contributed by atoms with van der Waals surface area (Å²) in [6, 6.07) is 0. The second-order valence-corrected chi connectivity index (χ2v) is 4.95. The van der Waals surface area contributed by atoms with E-state index in [1.807, 2.05) is 0 Å². The van der Waals surface area contributed by atoms with E-state index in [-0.39, 0.29) is 5.11 Å². The molecule has 0 spiro atoms. The van der Waals surface area contributed by atoms with Crippen LogP contribution in [-0.4, -0.2) is 10.8 Å². The van der Waals surface area contributed by atoms with Gasteiger partial charge in [0.15, 0.2) is 5.11 Å². The van der Waals surface area contributed by atoms with Gasteiger partial charge in [0.1, 0.15) is 0 Å². The average molecular weight is 211 g/mol. The van der Waals surface area contributed by atoms with Gasteiger partial charge in [0.05, 0.1) is 0 Å². The molecule has 78 valence electrons. The van der Waals surface area contributed by atoms with E-state index in [4.69, 9.17) is 18.0 Å². The summed E-state index contributed by atoms with van der Waals surface area (Å²) in [5.41, 5.74) is 9.18. The molecule has 2 rings (SSSR count). The van der Waals surface area contributed by atoms with Crippen LogP contribution in [0.25, 0.3) is 0 Å². The van der Waals surface area contributed by atoms with Gasteiger partial charge in [-0.1, -0.05) is 6.42 Å². The average Bonchev–Trinajstić information content (AvgIpc) is 2.74. The van der Waals surface area contributed by atoms with Crippen molar-refractivity contribution < 1.29 is 0 Å². The van der Waals surface area contributed by atoms with Crippen LogP contribution >= 0.6 is 12.2 Å². The molecule has 2 aliphatic rings. The van der Waals surface area contributed by atoms with Gasteiger partial charge in [-0.2, -0.15) is 5.10 Å². The number of nitrogens with zero attached hydrogens (tertiary/aromatic N) is 1. The zero-order chi connectivity index (χ0) is 10.1. The van der Waals surface area contributed by atoms with Gasteiger partial charge in [-0.05, 0) is 50.2 Å². The molecule has 0 radical (unpaired) electrons. The first-order valence-corrected chi connectivity index (χ1v) is 5.67. The second-order valence-electron chi connectivity index (χ2n) is 4.51. The van der Waals surface area contributed by atoms with Gasteiger partial charge in [0.2, 0.25) is 0 Å². The predicted octanol–water partition coefficient (Wildman–Crippen LogP) is 1.63. The van der Waals surface area contributed by atoms with E-state index in [0.717, 1.165) is 11.8 Å². The molecule has 4 heteroatoms. The molecule has 2 saturated carbocycles. The van der Waals surface area contributed by atoms with Crippen molar-refractivity contribution in [2.75, 3.05) is 0 Å². The number of hydrogen-bond donors (Lipinski definition) is 2. The predicted molar refractivity (Wildman–Crippen MR) is 62.0 cm³/mol. The largest absolute Gasteiger partial charge is 0.375 e. The fourth-order valence-electron chi connectivity index (χ4n) is 2.98. The van der Waals surface area contributed by atoms with Crippen LogP contribution < -0.4 is 11.2 Å². The first-order chi connectivity index (χ1) is 6.66. The number of thiocarbonyl (C=S) groups is 1. The van der Waals surface area contributed by atoms with E-state index in [0.29, 0.717) is 5.92 Å². The maximum absolute atomic E-state index is 5.33. The number of nitrogens with two attached hydrogens (primary N) is 1. The first-order valence-electron chi connectivity index (χ1n) is 5.26. The van der Waals surface area contributed by atoms with Crippen LogP contribution in [0.3, 0.4) is 0 Å². The minimum absolute atomic E-state index is 0.257. The monoisotopic (exact) mass is 211 g/mol. The molecule has 0 aromatic carbocycles. The van der Waals surface area contributed by atoms with Gasteiger partial charge in [-0.25, -0.2) is 0 Å². The molecule has 2 fully saturated rings. The lowest BCUT2D eigenvalue weighted by molar-refractivity contribution is 0.413. The zero-order valence-corrected chi connectivity index (χ0v) is 9.31. The first kappa shape index (κ1) is 9.90. The van der Waals surface area contributed by atoms with Gasteiger partial charge in [-0.15, -0.1) is 0 Å². The summed E-state index contributed by atoms with van der Waals surface area (Å²) in [7, 11) is 0. The fraction of sp³-hybridized carbons (Fsp3) is 0.800. The van der Waals surface area contributed by atoms with Gasteiger partial charge >= 0.3 is 0 Å². The van der Waals surface area contributed by atoms with Gasteiger partial charge in [-0.3, -0.25) is 5.43 Å². The lowest BCUT2D eigenvalue weighted by Crippen LogP contribution is -2.28. The van der Waals surface area contributed by atoms with Crippen LogP contribution in [-0.2, 0) is 0 Å². The lowest BCUT2D eigenvalue weighted by atomic mass is 9.86. The molecule has 3 atom stereocenters. The molecule has 0 amide bonds. The number of fused-ring (bicyclic) bond motifs is 2. The number of hydrogen-bond acceptors (Lipinski definition) is 2. The quantitative estimate of drug-likeness (QED) is 0.415. The molecule has 0 aliphatic heterocycles. The Balaban J connectivity index is 1.95. The van der Waals surface area contributed by atoms with Crippen molar-refractivity contribution >= 4 is 23.0 Å². The van der Waals surface area contributed by atoms with Crippen molar-refractivity contribution in [1.29, 1.82) is 0 Å². The number of hydrazone groups is 1. The van der Waals surface area contributed by atoms with Crippen molar-refractivity contribution in [1.82, 2.24) is 5.43 Å². The molecule has 0 aromatic heterocycles. The number of rotatable bonds is 2. The van der Waals surface area contributed by atoms with E-state index < -0.39 is 0 Å². The minimum Gasteiger partial charge on any atom is -0.375 e. The number of nitrogens with one attached hydrogen (secondary N) is 1. The molecular formula is C10H17N3S. The van der Waals surface area contributed by atoms with Crippen LogP contribution in [0.4, 0.5) is 0 Å². The van der Waals surface area contributed by atoms with E-state index in [2.05, 4.69) is 17.5 Å². The topological polar surface area (TPSA) is 50.4 Å². The van der Waals surface area contributed by atoms with Crippen LogP contribution in [0.1, 0.15) is 32.6 Å². The Labute approximate surface area is 90.1 Å². The molecule has 0 aromatic rings. The third kappa shape index (κ3) is 1.90. The molecule has 2 bridgehead atoms. The van der Waals surface area contributed by atoms with Gasteiger partial charge in [0.25, 0.3) is 0 Å². The normalized spacial score (nSPS) is 36.1. The van der Waals surface area contributed by atoms with Gasteiger partial charge < -0.3 is 5.73 Å². The standard InChI is InChI=1S/C10H17N3S/c1-6(12-13-10(11)14)9-5-7-2-3-8(9)4-7/h7-9H,2-5H2,1H3,(H3,11,13,14)/b12-6-/t7-,8-,9-/m0/s1. The van der Waals surface area contributed by atoms with Crippen LogP contribution in [0.5, 0.6) is 0 Å². The molecular weight excluding hydrogens is 194 g/mol. The smallest absolute Gasteiger partial charge is 0.184 e.